The summed E-state index contributed by atoms with van der Waals surface area (Å²) < 4.78 is 11.9. The highest BCUT2D eigenvalue weighted by Crippen LogP contribution is 2.44. The second-order valence-electron chi connectivity index (χ2n) is 13.2. The molecule has 9 nitrogen and oxygen atoms in total. The molecular weight excluding hydrogens is 663 g/mol. The van der Waals surface area contributed by atoms with Crippen molar-refractivity contribution in [1.29, 1.82) is 0 Å². The molecule has 264 valence electrons. The molecule has 53 heavy (non-hydrogen) atoms. The molecule has 9 heteroatoms. The number of para-hydroxylation sites is 1. The quantitative estimate of drug-likeness (QED) is 0.0969. The Morgan fingerprint density at radius 2 is 1.42 bits per heavy atom. The van der Waals surface area contributed by atoms with Crippen LogP contribution in [0.2, 0.25) is 0 Å². The van der Waals surface area contributed by atoms with Crippen LogP contribution in [0.15, 0.2) is 146 Å². The summed E-state index contributed by atoms with van der Waals surface area (Å²) in [7, 11) is 0. The summed E-state index contributed by atoms with van der Waals surface area (Å²) in [5.41, 5.74) is 9.27. The van der Waals surface area contributed by atoms with E-state index in [1.54, 1.807) is 6.20 Å². The monoisotopic (exact) mass is 701 g/mol. The summed E-state index contributed by atoms with van der Waals surface area (Å²) in [5.74, 6) is 0.0507. The van der Waals surface area contributed by atoms with Gasteiger partial charge in [-0.05, 0) is 45.0 Å². The molecule has 1 aliphatic carbocycles. The second kappa shape index (κ2) is 15.4. The van der Waals surface area contributed by atoms with Crippen LogP contribution in [-0.4, -0.2) is 46.2 Å². The molecule has 0 spiro atoms. The third kappa shape index (κ3) is 7.47. The molecule has 0 bridgehead atoms. The number of H-pyrrole nitrogens is 2. The summed E-state index contributed by atoms with van der Waals surface area (Å²) in [6, 6.07) is 42.4. The SMILES string of the molecule is O=C(N[C@H](COCc1ccccc1)C(=O)N[C@H](Cc1c[nH]c2ccccc12)c1ncc(-c2ccccc2)[nH]1)OCC1c2ccccc2-c2ccccc21. The van der Waals surface area contributed by atoms with Crippen LogP contribution >= 0.6 is 0 Å². The number of hydrogen-bond acceptors (Lipinski definition) is 5. The van der Waals surface area contributed by atoms with Crippen molar-refractivity contribution < 1.29 is 19.1 Å². The average Bonchev–Trinajstić information content (AvgIpc) is 3.94. The molecule has 0 saturated heterocycles. The van der Waals surface area contributed by atoms with Crippen LogP contribution in [0.1, 0.15) is 40.0 Å². The number of nitrogens with zero attached hydrogens (tertiary/aromatic N) is 1. The Kier molecular flexibility index (Phi) is 9.80. The molecule has 2 heterocycles. The molecule has 2 atom stereocenters. The molecule has 8 rings (SSSR count). The van der Waals surface area contributed by atoms with Gasteiger partial charge in [0, 0.05) is 29.4 Å². The lowest BCUT2D eigenvalue weighted by atomic mass is 9.98. The van der Waals surface area contributed by atoms with Crippen molar-refractivity contribution in [2.75, 3.05) is 13.2 Å². The molecule has 0 aliphatic heterocycles. The van der Waals surface area contributed by atoms with Crippen LogP contribution in [0.4, 0.5) is 4.79 Å². The number of amides is 2. The zero-order valence-corrected chi connectivity index (χ0v) is 29.0. The molecule has 0 fully saturated rings. The van der Waals surface area contributed by atoms with Gasteiger partial charge >= 0.3 is 6.09 Å². The van der Waals surface area contributed by atoms with Gasteiger partial charge in [-0.1, -0.05) is 127 Å². The van der Waals surface area contributed by atoms with Crippen molar-refractivity contribution in [1.82, 2.24) is 25.6 Å². The number of rotatable bonds is 13. The maximum Gasteiger partial charge on any atom is 0.407 e. The lowest BCUT2D eigenvalue weighted by Crippen LogP contribution is -2.50. The summed E-state index contributed by atoms with van der Waals surface area (Å²) in [6.07, 6.45) is 3.47. The smallest absolute Gasteiger partial charge is 0.407 e. The number of benzene rings is 5. The fourth-order valence-corrected chi connectivity index (χ4v) is 7.12. The standard InChI is InChI=1S/C44H39N5O4/c50-43(48-39(23-31-24-45-38-22-12-11-17-32(31)38)42-46-25-40(47-42)30-15-5-2-6-16-30)41(28-52-26-29-13-3-1-4-14-29)49-44(51)53-27-37-35-20-9-7-18-33(35)34-19-8-10-21-36(34)37/h1-22,24-25,37,39,41,45H,23,26-28H2,(H,46,47)(H,48,50)(H,49,51)/t39-,41-/m1/s1. The van der Waals surface area contributed by atoms with Gasteiger partial charge in [-0.15, -0.1) is 0 Å². The van der Waals surface area contributed by atoms with Gasteiger partial charge in [0.2, 0.25) is 5.91 Å². The Bertz CT molecular complexity index is 2290. The van der Waals surface area contributed by atoms with Crippen LogP contribution in [0, 0.1) is 0 Å². The second-order valence-corrected chi connectivity index (χ2v) is 13.2. The van der Waals surface area contributed by atoms with Crippen LogP contribution in [0.25, 0.3) is 33.3 Å². The number of carbonyl (C=O) groups is 2. The van der Waals surface area contributed by atoms with Crippen molar-refractivity contribution in [3.8, 4) is 22.4 Å². The van der Waals surface area contributed by atoms with Crippen LogP contribution in [-0.2, 0) is 27.3 Å². The van der Waals surface area contributed by atoms with Crippen molar-refractivity contribution in [2.45, 2.75) is 31.0 Å². The Labute approximate surface area is 307 Å². The molecule has 7 aromatic rings. The molecule has 5 aromatic carbocycles. The molecule has 2 amide bonds. The molecule has 4 N–H and O–H groups in total. The maximum absolute atomic E-state index is 14.3. The van der Waals surface area contributed by atoms with Gasteiger partial charge in [0.15, 0.2) is 0 Å². The third-order valence-corrected chi connectivity index (χ3v) is 9.77. The molecule has 0 unspecified atom stereocenters. The first-order valence-corrected chi connectivity index (χ1v) is 17.8. The first kappa shape index (κ1) is 33.7. The van der Waals surface area contributed by atoms with E-state index >= 15 is 0 Å². The predicted octanol–water partition coefficient (Wildman–Crippen LogP) is 8.08. The fourth-order valence-electron chi connectivity index (χ4n) is 7.12. The number of nitrogens with one attached hydrogen (secondary N) is 4. The maximum atomic E-state index is 14.3. The highest BCUT2D eigenvalue weighted by Gasteiger charge is 2.31. The third-order valence-electron chi connectivity index (χ3n) is 9.77. The number of carbonyl (C=O) groups excluding carboxylic acids is 2. The van der Waals surface area contributed by atoms with E-state index in [9.17, 15) is 9.59 Å². The van der Waals surface area contributed by atoms with E-state index in [0.717, 1.165) is 55.5 Å². The molecular formula is C44H39N5O4. The van der Waals surface area contributed by atoms with E-state index in [0.29, 0.717) is 12.2 Å². The fraction of sp³-hybridized carbons (Fsp3) is 0.159. The van der Waals surface area contributed by atoms with Crippen LogP contribution in [0.3, 0.4) is 0 Å². The van der Waals surface area contributed by atoms with Crippen molar-refractivity contribution >= 4 is 22.9 Å². The van der Waals surface area contributed by atoms with Gasteiger partial charge in [0.05, 0.1) is 31.1 Å². The molecule has 0 saturated carbocycles. The van der Waals surface area contributed by atoms with Gasteiger partial charge in [-0.2, -0.15) is 0 Å². The first-order valence-electron chi connectivity index (χ1n) is 17.8. The summed E-state index contributed by atoms with van der Waals surface area (Å²) in [4.78, 5) is 39.2. The number of imidazole rings is 1. The Morgan fingerprint density at radius 1 is 0.755 bits per heavy atom. The summed E-state index contributed by atoms with van der Waals surface area (Å²) in [6.45, 7) is 0.323. The zero-order valence-electron chi connectivity index (χ0n) is 29.0. The molecule has 2 aromatic heterocycles. The van der Waals surface area contributed by atoms with E-state index in [4.69, 9.17) is 14.5 Å². The summed E-state index contributed by atoms with van der Waals surface area (Å²) >= 11 is 0. The van der Waals surface area contributed by atoms with Crippen molar-refractivity contribution in [2.24, 2.45) is 0 Å². The molecule has 1 aliphatic rings. The minimum absolute atomic E-state index is 0.0713. The number of hydrogen-bond donors (Lipinski definition) is 4. The number of aromatic nitrogens is 3. The van der Waals surface area contributed by atoms with Gasteiger partial charge < -0.3 is 30.1 Å². The first-order chi connectivity index (χ1) is 26.1. The number of alkyl carbamates (subject to hydrolysis) is 1. The van der Waals surface area contributed by atoms with E-state index in [2.05, 4.69) is 50.9 Å². The zero-order chi connectivity index (χ0) is 36.0. The normalized spacial score (nSPS) is 13.2. The Morgan fingerprint density at radius 3 is 2.17 bits per heavy atom. The van der Waals surface area contributed by atoms with Gasteiger partial charge in [0.1, 0.15) is 18.5 Å². The lowest BCUT2D eigenvalue weighted by Gasteiger charge is -2.23. The van der Waals surface area contributed by atoms with Gasteiger partial charge in [-0.3, -0.25) is 4.79 Å². The topological polar surface area (TPSA) is 121 Å². The van der Waals surface area contributed by atoms with Crippen LogP contribution in [0.5, 0.6) is 0 Å². The van der Waals surface area contributed by atoms with Gasteiger partial charge in [0.25, 0.3) is 0 Å². The van der Waals surface area contributed by atoms with Crippen molar-refractivity contribution in [3.63, 3.8) is 0 Å². The highest BCUT2D eigenvalue weighted by atomic mass is 16.5. The van der Waals surface area contributed by atoms with E-state index in [-0.39, 0.29) is 25.7 Å². The van der Waals surface area contributed by atoms with Crippen molar-refractivity contribution in [3.05, 3.63) is 174 Å². The lowest BCUT2D eigenvalue weighted by molar-refractivity contribution is -0.125. The number of fused-ring (bicyclic) bond motifs is 4. The van der Waals surface area contributed by atoms with E-state index in [1.807, 2.05) is 109 Å². The highest BCUT2D eigenvalue weighted by molar-refractivity contribution is 5.87. The van der Waals surface area contributed by atoms with E-state index < -0.39 is 24.1 Å². The number of ether oxygens (including phenoxy) is 2. The molecule has 0 radical (unpaired) electrons. The average molecular weight is 702 g/mol. The van der Waals surface area contributed by atoms with Gasteiger partial charge in [-0.25, -0.2) is 9.78 Å². The Balaban J connectivity index is 1.02. The van der Waals surface area contributed by atoms with Crippen LogP contribution < -0.4 is 10.6 Å². The predicted molar refractivity (Wildman–Crippen MR) is 205 cm³/mol. The minimum Gasteiger partial charge on any atom is -0.449 e. The summed E-state index contributed by atoms with van der Waals surface area (Å²) in [5, 5.41) is 7.05. The Hall–Kier alpha value is -6.45. The van der Waals surface area contributed by atoms with E-state index in [1.165, 1.54) is 0 Å². The largest absolute Gasteiger partial charge is 0.449 e. The number of aromatic amines is 2. The minimum atomic E-state index is -1.05.